The predicted molar refractivity (Wildman–Crippen MR) is 74.2 cm³/mol. The number of fused-ring (bicyclic) bond motifs is 1. The summed E-state index contributed by atoms with van der Waals surface area (Å²) in [6.45, 7) is 1.24. The lowest BCUT2D eigenvalue weighted by molar-refractivity contribution is -0.142. The molecule has 3 rings (SSSR count). The molecule has 1 aliphatic carbocycles. The molecule has 1 aliphatic rings. The fourth-order valence-electron chi connectivity index (χ4n) is 2.97. The van der Waals surface area contributed by atoms with E-state index in [1.54, 1.807) is 0 Å². The van der Waals surface area contributed by atoms with Crippen LogP contribution in [0.4, 0.5) is 0 Å². The summed E-state index contributed by atoms with van der Waals surface area (Å²) in [6, 6.07) is 7.65. The van der Waals surface area contributed by atoms with Gasteiger partial charge in [0.2, 0.25) is 5.89 Å². The van der Waals surface area contributed by atoms with Gasteiger partial charge in [0.05, 0.1) is 12.5 Å². The lowest BCUT2D eigenvalue weighted by Gasteiger charge is -2.15. The number of para-hydroxylation sites is 2. The molecule has 1 aromatic heterocycles. The Labute approximate surface area is 117 Å². The maximum absolute atomic E-state index is 11.1. The van der Waals surface area contributed by atoms with Crippen LogP contribution in [0, 0.1) is 11.8 Å². The first-order chi connectivity index (χ1) is 9.74. The second-order valence-electron chi connectivity index (χ2n) is 5.34. The van der Waals surface area contributed by atoms with Crippen molar-refractivity contribution in [2.45, 2.75) is 25.8 Å². The van der Waals surface area contributed by atoms with Gasteiger partial charge in [0, 0.05) is 0 Å². The summed E-state index contributed by atoms with van der Waals surface area (Å²) in [5.74, 6) is -0.00440. The molecule has 2 atom stereocenters. The normalized spacial score (nSPS) is 22.4. The zero-order valence-electron chi connectivity index (χ0n) is 11.2. The maximum Gasteiger partial charge on any atom is 0.306 e. The molecule has 20 heavy (non-hydrogen) atoms. The standard InChI is InChI=1S/C15H18N2O3/c18-15(19)11-5-3-4-10(11)8-16-9-14-17-12-6-1-2-7-13(12)20-14/h1-2,6-7,10-11,16H,3-5,8-9H2,(H,18,19). The Kier molecular flexibility index (Phi) is 3.69. The number of rotatable bonds is 5. The molecular formula is C15H18N2O3. The smallest absolute Gasteiger partial charge is 0.306 e. The van der Waals surface area contributed by atoms with Gasteiger partial charge in [-0.3, -0.25) is 4.79 Å². The van der Waals surface area contributed by atoms with Crippen LogP contribution < -0.4 is 5.32 Å². The van der Waals surface area contributed by atoms with Crippen LogP contribution in [0.25, 0.3) is 11.1 Å². The van der Waals surface area contributed by atoms with Crippen molar-refractivity contribution >= 4 is 17.1 Å². The number of aliphatic carboxylic acids is 1. The summed E-state index contributed by atoms with van der Waals surface area (Å²) in [6.07, 6.45) is 2.79. The Morgan fingerprint density at radius 2 is 2.25 bits per heavy atom. The van der Waals surface area contributed by atoms with Crippen LogP contribution in [-0.4, -0.2) is 22.6 Å². The van der Waals surface area contributed by atoms with Gasteiger partial charge in [0.1, 0.15) is 5.52 Å². The molecule has 0 amide bonds. The average molecular weight is 274 g/mol. The van der Waals surface area contributed by atoms with E-state index in [-0.39, 0.29) is 11.8 Å². The van der Waals surface area contributed by atoms with Crippen molar-refractivity contribution in [1.29, 1.82) is 0 Å². The molecule has 0 saturated heterocycles. The molecule has 106 valence electrons. The summed E-state index contributed by atoms with van der Waals surface area (Å²) >= 11 is 0. The minimum Gasteiger partial charge on any atom is -0.481 e. The Morgan fingerprint density at radius 3 is 3.05 bits per heavy atom. The quantitative estimate of drug-likeness (QED) is 0.875. The summed E-state index contributed by atoms with van der Waals surface area (Å²) in [5, 5.41) is 12.4. The van der Waals surface area contributed by atoms with Gasteiger partial charge >= 0.3 is 5.97 Å². The Balaban J connectivity index is 1.56. The number of carbonyl (C=O) groups is 1. The number of carboxylic acids is 1. The molecule has 2 N–H and O–H groups in total. The minimum atomic E-state index is -0.670. The van der Waals surface area contributed by atoms with Crippen LogP contribution in [0.3, 0.4) is 0 Å². The third-order valence-corrected chi connectivity index (χ3v) is 4.00. The molecule has 5 heteroatoms. The molecule has 1 fully saturated rings. The lowest BCUT2D eigenvalue weighted by Crippen LogP contribution is -2.28. The van der Waals surface area contributed by atoms with Crippen LogP contribution in [0.1, 0.15) is 25.2 Å². The highest BCUT2D eigenvalue weighted by molar-refractivity contribution is 5.72. The van der Waals surface area contributed by atoms with Crippen molar-refractivity contribution in [3.63, 3.8) is 0 Å². The van der Waals surface area contributed by atoms with Gasteiger partial charge in [-0.25, -0.2) is 4.98 Å². The number of benzene rings is 1. The SMILES string of the molecule is O=C(O)C1CCCC1CNCc1nc2ccccc2o1. The summed E-state index contributed by atoms with van der Waals surface area (Å²) in [4.78, 5) is 15.5. The Bertz CT molecular complexity index is 575. The maximum atomic E-state index is 11.1. The van der Waals surface area contributed by atoms with Gasteiger partial charge < -0.3 is 14.8 Å². The number of oxazole rings is 1. The number of nitrogens with zero attached hydrogens (tertiary/aromatic N) is 1. The number of aromatic nitrogens is 1. The van der Waals surface area contributed by atoms with E-state index in [1.165, 1.54) is 0 Å². The third-order valence-electron chi connectivity index (χ3n) is 4.00. The molecule has 0 spiro atoms. The molecule has 1 saturated carbocycles. The zero-order valence-corrected chi connectivity index (χ0v) is 11.2. The highest BCUT2D eigenvalue weighted by atomic mass is 16.4. The highest BCUT2D eigenvalue weighted by Gasteiger charge is 2.32. The highest BCUT2D eigenvalue weighted by Crippen LogP contribution is 2.31. The molecule has 0 aliphatic heterocycles. The van der Waals surface area contributed by atoms with E-state index < -0.39 is 5.97 Å². The van der Waals surface area contributed by atoms with Crippen LogP contribution in [0.2, 0.25) is 0 Å². The molecule has 1 heterocycles. The molecule has 1 aromatic carbocycles. The van der Waals surface area contributed by atoms with Crippen molar-refractivity contribution in [2.24, 2.45) is 11.8 Å². The monoisotopic (exact) mass is 274 g/mol. The van der Waals surface area contributed by atoms with Crippen molar-refractivity contribution in [3.05, 3.63) is 30.2 Å². The number of hydrogen-bond acceptors (Lipinski definition) is 4. The van der Waals surface area contributed by atoms with Crippen molar-refractivity contribution in [2.75, 3.05) is 6.54 Å². The van der Waals surface area contributed by atoms with E-state index in [1.807, 2.05) is 24.3 Å². The van der Waals surface area contributed by atoms with Gasteiger partial charge in [0.25, 0.3) is 0 Å². The first-order valence-electron chi connectivity index (χ1n) is 7.02. The summed E-state index contributed by atoms with van der Waals surface area (Å²) in [7, 11) is 0. The fourth-order valence-corrected chi connectivity index (χ4v) is 2.97. The molecule has 0 radical (unpaired) electrons. The average Bonchev–Trinajstić information content (AvgIpc) is 3.04. The van der Waals surface area contributed by atoms with Crippen molar-refractivity contribution < 1.29 is 14.3 Å². The largest absolute Gasteiger partial charge is 0.481 e. The number of carboxylic acid groups (broad SMARTS) is 1. The molecule has 2 aromatic rings. The van der Waals surface area contributed by atoms with Crippen LogP contribution >= 0.6 is 0 Å². The topological polar surface area (TPSA) is 75.4 Å². The van der Waals surface area contributed by atoms with Gasteiger partial charge in [0.15, 0.2) is 5.58 Å². The van der Waals surface area contributed by atoms with Gasteiger partial charge in [-0.2, -0.15) is 0 Å². The van der Waals surface area contributed by atoms with E-state index >= 15 is 0 Å². The van der Waals surface area contributed by atoms with E-state index in [0.29, 0.717) is 19.0 Å². The van der Waals surface area contributed by atoms with Crippen LogP contribution in [0.5, 0.6) is 0 Å². The second-order valence-corrected chi connectivity index (χ2v) is 5.34. The van der Waals surface area contributed by atoms with E-state index in [2.05, 4.69) is 10.3 Å². The second kappa shape index (κ2) is 5.63. The number of hydrogen-bond donors (Lipinski definition) is 2. The Morgan fingerprint density at radius 1 is 1.40 bits per heavy atom. The molecule has 5 nitrogen and oxygen atoms in total. The van der Waals surface area contributed by atoms with Gasteiger partial charge in [-0.05, 0) is 37.4 Å². The third kappa shape index (κ3) is 2.67. The van der Waals surface area contributed by atoms with Gasteiger partial charge in [-0.15, -0.1) is 0 Å². The van der Waals surface area contributed by atoms with Crippen molar-refractivity contribution in [3.8, 4) is 0 Å². The molecular weight excluding hydrogens is 256 g/mol. The Hall–Kier alpha value is -1.88. The predicted octanol–water partition coefficient (Wildman–Crippen LogP) is 2.42. The zero-order chi connectivity index (χ0) is 13.9. The molecule has 0 bridgehead atoms. The van der Waals surface area contributed by atoms with Crippen LogP contribution in [-0.2, 0) is 11.3 Å². The summed E-state index contributed by atoms with van der Waals surface area (Å²) in [5.41, 5.74) is 1.64. The summed E-state index contributed by atoms with van der Waals surface area (Å²) < 4.78 is 5.62. The lowest BCUT2D eigenvalue weighted by atomic mass is 9.96. The minimum absolute atomic E-state index is 0.203. The van der Waals surface area contributed by atoms with E-state index in [4.69, 9.17) is 9.52 Å². The van der Waals surface area contributed by atoms with Crippen molar-refractivity contribution in [1.82, 2.24) is 10.3 Å². The fraction of sp³-hybridized carbons (Fsp3) is 0.467. The first kappa shape index (κ1) is 13.1. The van der Waals surface area contributed by atoms with E-state index in [0.717, 1.165) is 30.4 Å². The van der Waals surface area contributed by atoms with Gasteiger partial charge in [-0.1, -0.05) is 18.6 Å². The van der Waals surface area contributed by atoms with E-state index in [9.17, 15) is 4.79 Å². The number of nitrogens with one attached hydrogen (secondary N) is 1. The van der Waals surface area contributed by atoms with Crippen LogP contribution in [0.15, 0.2) is 28.7 Å². The molecule has 2 unspecified atom stereocenters. The first-order valence-corrected chi connectivity index (χ1v) is 7.02.